The molecule has 1 aromatic rings. The van der Waals surface area contributed by atoms with Crippen LogP contribution < -0.4 is 5.73 Å². The third-order valence-electron chi connectivity index (χ3n) is 2.10. The van der Waals surface area contributed by atoms with Crippen LogP contribution in [0, 0.1) is 0 Å². The van der Waals surface area contributed by atoms with Crippen LogP contribution in [0.2, 0.25) is 0 Å². The Morgan fingerprint density at radius 3 is 2.80 bits per heavy atom. The Labute approximate surface area is 90.8 Å². The SMILES string of the molecule is C=C(/C=C\C(=C/C)CN)c1ccccn1. The summed E-state index contributed by atoms with van der Waals surface area (Å²) in [6, 6.07) is 5.77. The molecule has 78 valence electrons. The zero-order valence-electron chi connectivity index (χ0n) is 8.98. The van der Waals surface area contributed by atoms with Crippen molar-refractivity contribution in [2.24, 2.45) is 5.73 Å². The maximum absolute atomic E-state index is 5.54. The molecule has 0 fully saturated rings. The molecular weight excluding hydrogens is 184 g/mol. The molecule has 0 saturated heterocycles. The van der Waals surface area contributed by atoms with E-state index >= 15 is 0 Å². The van der Waals surface area contributed by atoms with E-state index in [1.807, 2.05) is 43.4 Å². The largest absolute Gasteiger partial charge is 0.327 e. The van der Waals surface area contributed by atoms with E-state index in [1.165, 1.54) is 0 Å². The van der Waals surface area contributed by atoms with Crippen molar-refractivity contribution in [1.82, 2.24) is 4.98 Å². The van der Waals surface area contributed by atoms with Crippen LogP contribution in [0.1, 0.15) is 12.6 Å². The lowest BCUT2D eigenvalue weighted by atomic mass is 10.1. The smallest absolute Gasteiger partial charge is 0.0695 e. The van der Waals surface area contributed by atoms with Crippen molar-refractivity contribution in [2.45, 2.75) is 6.92 Å². The van der Waals surface area contributed by atoms with Gasteiger partial charge >= 0.3 is 0 Å². The third-order valence-corrected chi connectivity index (χ3v) is 2.10. The van der Waals surface area contributed by atoms with Gasteiger partial charge in [-0.3, -0.25) is 4.98 Å². The molecule has 2 N–H and O–H groups in total. The first kappa shape index (κ1) is 11.4. The number of allylic oxidation sites excluding steroid dienone is 3. The summed E-state index contributed by atoms with van der Waals surface area (Å²) < 4.78 is 0. The molecule has 0 aromatic carbocycles. The van der Waals surface area contributed by atoms with Gasteiger partial charge in [-0.05, 0) is 30.2 Å². The van der Waals surface area contributed by atoms with Crippen molar-refractivity contribution in [3.05, 3.63) is 60.5 Å². The third kappa shape index (κ3) is 3.52. The Bertz CT molecular complexity index is 375. The van der Waals surface area contributed by atoms with Gasteiger partial charge in [0.1, 0.15) is 0 Å². The second-order valence-corrected chi connectivity index (χ2v) is 3.14. The summed E-state index contributed by atoms with van der Waals surface area (Å²) in [5.41, 5.74) is 8.42. The van der Waals surface area contributed by atoms with Crippen LogP contribution in [-0.2, 0) is 0 Å². The summed E-state index contributed by atoms with van der Waals surface area (Å²) in [6.07, 6.45) is 7.65. The molecule has 1 aromatic heterocycles. The first-order valence-corrected chi connectivity index (χ1v) is 4.91. The van der Waals surface area contributed by atoms with Gasteiger partial charge in [-0.15, -0.1) is 0 Å². The van der Waals surface area contributed by atoms with E-state index in [0.717, 1.165) is 16.8 Å². The number of rotatable bonds is 4. The fourth-order valence-electron chi connectivity index (χ4n) is 1.13. The normalized spacial score (nSPS) is 12.0. The summed E-state index contributed by atoms with van der Waals surface area (Å²) in [5, 5.41) is 0. The summed E-state index contributed by atoms with van der Waals surface area (Å²) in [5.74, 6) is 0. The van der Waals surface area contributed by atoms with Gasteiger partial charge in [0.2, 0.25) is 0 Å². The lowest BCUT2D eigenvalue weighted by molar-refractivity contribution is 1.18. The first-order valence-electron chi connectivity index (χ1n) is 4.91. The number of hydrogen-bond acceptors (Lipinski definition) is 2. The van der Waals surface area contributed by atoms with Gasteiger partial charge in [0.05, 0.1) is 5.69 Å². The topological polar surface area (TPSA) is 38.9 Å². The standard InChI is InChI=1S/C13H16N2/c1-3-12(10-14)8-7-11(2)13-6-4-5-9-15-13/h3-9H,2,10,14H2,1H3/b8-7-,12-3+. The van der Waals surface area contributed by atoms with Gasteiger partial charge < -0.3 is 5.73 Å². The van der Waals surface area contributed by atoms with Crippen molar-refractivity contribution >= 4 is 5.57 Å². The Hall–Kier alpha value is -1.67. The lowest BCUT2D eigenvalue weighted by Crippen LogP contribution is -2.00. The predicted octanol–water partition coefficient (Wildman–Crippen LogP) is 2.56. The molecule has 2 nitrogen and oxygen atoms in total. The second-order valence-electron chi connectivity index (χ2n) is 3.14. The number of pyridine rings is 1. The quantitative estimate of drug-likeness (QED) is 0.759. The summed E-state index contributed by atoms with van der Waals surface area (Å²) in [4.78, 5) is 4.21. The Balaban J connectivity index is 2.72. The van der Waals surface area contributed by atoms with E-state index in [2.05, 4.69) is 11.6 Å². The predicted molar refractivity (Wildman–Crippen MR) is 65.2 cm³/mol. The van der Waals surface area contributed by atoms with Crippen LogP contribution in [0.15, 0.2) is 54.8 Å². The van der Waals surface area contributed by atoms with E-state index in [-0.39, 0.29) is 0 Å². The monoisotopic (exact) mass is 200 g/mol. The highest BCUT2D eigenvalue weighted by Crippen LogP contribution is 2.10. The van der Waals surface area contributed by atoms with Crippen LogP contribution in [0.4, 0.5) is 0 Å². The highest BCUT2D eigenvalue weighted by molar-refractivity contribution is 5.69. The molecule has 0 amide bonds. The highest BCUT2D eigenvalue weighted by atomic mass is 14.7. The zero-order chi connectivity index (χ0) is 11.1. The summed E-state index contributed by atoms with van der Waals surface area (Å²) >= 11 is 0. The molecule has 15 heavy (non-hydrogen) atoms. The zero-order valence-corrected chi connectivity index (χ0v) is 8.98. The maximum atomic E-state index is 5.54. The molecule has 2 heteroatoms. The number of nitrogens with two attached hydrogens (primary N) is 1. The van der Waals surface area contributed by atoms with Gasteiger partial charge in [-0.25, -0.2) is 0 Å². The van der Waals surface area contributed by atoms with Crippen LogP contribution in [0.25, 0.3) is 5.57 Å². The fraction of sp³-hybridized carbons (Fsp3) is 0.154. The minimum absolute atomic E-state index is 0.544. The lowest BCUT2D eigenvalue weighted by Gasteiger charge is -1.99. The molecule has 0 saturated carbocycles. The Kier molecular flexibility index (Phi) is 4.51. The molecule has 0 aliphatic heterocycles. The van der Waals surface area contributed by atoms with E-state index in [9.17, 15) is 0 Å². The van der Waals surface area contributed by atoms with Crippen molar-refractivity contribution in [3.63, 3.8) is 0 Å². The number of nitrogens with zero attached hydrogens (tertiary/aromatic N) is 1. The van der Waals surface area contributed by atoms with Gasteiger partial charge in [0.15, 0.2) is 0 Å². The van der Waals surface area contributed by atoms with E-state index < -0.39 is 0 Å². The molecule has 0 radical (unpaired) electrons. The molecule has 0 bridgehead atoms. The summed E-state index contributed by atoms with van der Waals surface area (Å²) in [6.45, 7) is 6.46. The average molecular weight is 200 g/mol. The molecule has 0 aliphatic carbocycles. The minimum atomic E-state index is 0.544. The highest BCUT2D eigenvalue weighted by Gasteiger charge is 1.94. The Morgan fingerprint density at radius 2 is 2.27 bits per heavy atom. The van der Waals surface area contributed by atoms with Gasteiger partial charge in [0.25, 0.3) is 0 Å². The molecule has 1 heterocycles. The maximum Gasteiger partial charge on any atom is 0.0695 e. The van der Waals surface area contributed by atoms with Gasteiger partial charge in [0, 0.05) is 12.7 Å². The van der Waals surface area contributed by atoms with Crippen LogP contribution in [-0.4, -0.2) is 11.5 Å². The van der Waals surface area contributed by atoms with Crippen molar-refractivity contribution in [2.75, 3.05) is 6.54 Å². The molecule has 0 unspecified atom stereocenters. The molecule has 0 aliphatic rings. The molecule has 1 rings (SSSR count). The van der Waals surface area contributed by atoms with E-state index in [0.29, 0.717) is 6.54 Å². The second kappa shape index (κ2) is 5.94. The van der Waals surface area contributed by atoms with Crippen molar-refractivity contribution in [3.8, 4) is 0 Å². The van der Waals surface area contributed by atoms with Gasteiger partial charge in [-0.2, -0.15) is 0 Å². The summed E-state index contributed by atoms with van der Waals surface area (Å²) in [7, 11) is 0. The van der Waals surface area contributed by atoms with Crippen LogP contribution >= 0.6 is 0 Å². The molecule has 0 spiro atoms. The van der Waals surface area contributed by atoms with Crippen molar-refractivity contribution < 1.29 is 0 Å². The first-order chi connectivity index (χ1) is 7.27. The molecule has 0 atom stereocenters. The molecular formula is C13H16N2. The number of aromatic nitrogens is 1. The van der Waals surface area contributed by atoms with E-state index in [1.54, 1.807) is 6.20 Å². The Morgan fingerprint density at radius 1 is 1.47 bits per heavy atom. The number of hydrogen-bond donors (Lipinski definition) is 1. The van der Waals surface area contributed by atoms with Gasteiger partial charge in [-0.1, -0.05) is 30.9 Å². The van der Waals surface area contributed by atoms with Crippen LogP contribution in [0.5, 0.6) is 0 Å². The van der Waals surface area contributed by atoms with E-state index in [4.69, 9.17) is 5.73 Å². The minimum Gasteiger partial charge on any atom is -0.327 e. The average Bonchev–Trinajstić information content (AvgIpc) is 2.31. The van der Waals surface area contributed by atoms with Crippen LogP contribution in [0.3, 0.4) is 0 Å². The van der Waals surface area contributed by atoms with Crippen molar-refractivity contribution in [1.29, 1.82) is 0 Å². The fourth-order valence-corrected chi connectivity index (χ4v) is 1.13.